The summed E-state index contributed by atoms with van der Waals surface area (Å²) in [6.45, 7) is 1.59. The first-order valence-corrected chi connectivity index (χ1v) is 7.81. The van der Waals surface area contributed by atoms with Gasteiger partial charge in [0, 0.05) is 12.6 Å². The van der Waals surface area contributed by atoms with E-state index in [1.807, 2.05) is 0 Å². The number of rotatable bonds is 7. The van der Waals surface area contributed by atoms with Crippen molar-refractivity contribution >= 4 is 5.91 Å². The number of ether oxygens (including phenoxy) is 2. The normalized spacial score (nSPS) is 27.5. The zero-order valence-corrected chi connectivity index (χ0v) is 11.6. The lowest BCUT2D eigenvalue weighted by molar-refractivity contribution is -0.128. The third kappa shape index (κ3) is 4.18. The Morgan fingerprint density at radius 2 is 1.89 bits per heavy atom. The Balaban J connectivity index is 1.31. The lowest BCUT2D eigenvalue weighted by Gasteiger charge is -2.22. The fraction of sp³-hybridized carbons (Fsp3) is 0.933. The van der Waals surface area contributed by atoms with Gasteiger partial charge in [0.2, 0.25) is 5.91 Å². The van der Waals surface area contributed by atoms with E-state index in [4.69, 9.17) is 9.47 Å². The number of amides is 1. The van der Waals surface area contributed by atoms with Crippen molar-refractivity contribution in [2.24, 2.45) is 11.8 Å². The van der Waals surface area contributed by atoms with E-state index in [1.165, 1.54) is 32.1 Å². The Morgan fingerprint density at radius 1 is 1.16 bits per heavy atom. The molecule has 1 N–H and O–H groups in total. The highest BCUT2D eigenvalue weighted by molar-refractivity contribution is 5.77. The van der Waals surface area contributed by atoms with E-state index < -0.39 is 0 Å². The zero-order valence-electron chi connectivity index (χ0n) is 11.6. The Labute approximate surface area is 115 Å². The number of hydrogen-bond acceptors (Lipinski definition) is 3. The second-order valence-electron chi connectivity index (χ2n) is 6.27. The summed E-state index contributed by atoms with van der Waals surface area (Å²) in [7, 11) is 0. The average Bonchev–Trinajstić information content (AvgIpc) is 3.30. The van der Waals surface area contributed by atoms with Crippen LogP contribution in [0.2, 0.25) is 0 Å². The second kappa shape index (κ2) is 6.23. The van der Waals surface area contributed by atoms with Crippen LogP contribution in [0.4, 0.5) is 0 Å². The first-order valence-electron chi connectivity index (χ1n) is 7.81. The molecule has 1 atom stereocenters. The zero-order chi connectivity index (χ0) is 13.1. The molecule has 1 aliphatic heterocycles. The number of nitrogens with one attached hydrogen (secondary N) is 1. The number of carbonyl (C=O) groups excluding carboxylic acids is 1. The van der Waals surface area contributed by atoms with E-state index >= 15 is 0 Å². The van der Waals surface area contributed by atoms with Gasteiger partial charge in [0.1, 0.15) is 6.61 Å². The summed E-state index contributed by atoms with van der Waals surface area (Å²) in [6.07, 6.45) is 8.79. The van der Waals surface area contributed by atoms with Gasteiger partial charge >= 0.3 is 0 Å². The first-order chi connectivity index (χ1) is 9.33. The van der Waals surface area contributed by atoms with E-state index in [0.717, 1.165) is 31.3 Å². The average molecular weight is 267 g/mol. The van der Waals surface area contributed by atoms with Crippen molar-refractivity contribution in [1.29, 1.82) is 0 Å². The summed E-state index contributed by atoms with van der Waals surface area (Å²) in [5.41, 5.74) is 0. The van der Waals surface area contributed by atoms with Crippen LogP contribution in [0.5, 0.6) is 0 Å². The molecule has 1 amide bonds. The predicted octanol–water partition coefficient (Wildman–Crippen LogP) is 1.88. The van der Waals surface area contributed by atoms with Crippen LogP contribution in [0, 0.1) is 11.8 Å². The predicted molar refractivity (Wildman–Crippen MR) is 71.8 cm³/mol. The van der Waals surface area contributed by atoms with Gasteiger partial charge in [0.25, 0.3) is 0 Å². The topological polar surface area (TPSA) is 47.6 Å². The van der Waals surface area contributed by atoms with Crippen LogP contribution in [0.25, 0.3) is 0 Å². The molecule has 0 unspecified atom stereocenters. The van der Waals surface area contributed by atoms with Gasteiger partial charge in [-0.3, -0.25) is 4.79 Å². The molecule has 108 valence electrons. The minimum atomic E-state index is 0.0552. The molecule has 0 bridgehead atoms. The van der Waals surface area contributed by atoms with Crippen LogP contribution in [0.15, 0.2) is 0 Å². The molecule has 3 fully saturated rings. The highest BCUT2D eigenvalue weighted by atomic mass is 16.5. The lowest BCUT2D eigenvalue weighted by atomic mass is 10.1. The summed E-state index contributed by atoms with van der Waals surface area (Å²) in [4.78, 5) is 11.9. The van der Waals surface area contributed by atoms with Crippen molar-refractivity contribution in [3.8, 4) is 0 Å². The van der Waals surface area contributed by atoms with Crippen molar-refractivity contribution in [1.82, 2.24) is 5.32 Å². The molecule has 3 aliphatic rings. The van der Waals surface area contributed by atoms with E-state index in [-0.39, 0.29) is 18.6 Å². The number of carbonyl (C=O) groups is 1. The maximum atomic E-state index is 11.9. The SMILES string of the molecule is O=C(COC[C@@H]1CCCCO1)NC(C1CC1)C1CC1. The third-order valence-electron chi connectivity index (χ3n) is 4.40. The minimum absolute atomic E-state index is 0.0552. The highest BCUT2D eigenvalue weighted by Gasteiger charge is 2.42. The Hall–Kier alpha value is -0.610. The second-order valence-corrected chi connectivity index (χ2v) is 6.27. The Kier molecular flexibility index (Phi) is 4.38. The van der Waals surface area contributed by atoms with Gasteiger partial charge in [0.15, 0.2) is 0 Å². The van der Waals surface area contributed by atoms with Crippen molar-refractivity contribution in [2.75, 3.05) is 19.8 Å². The van der Waals surface area contributed by atoms with Crippen LogP contribution < -0.4 is 5.32 Å². The highest BCUT2D eigenvalue weighted by Crippen LogP contribution is 2.44. The molecule has 1 heterocycles. The molecule has 4 heteroatoms. The molecular formula is C15H25NO3. The van der Waals surface area contributed by atoms with E-state index in [9.17, 15) is 4.79 Å². The van der Waals surface area contributed by atoms with Crippen LogP contribution in [-0.4, -0.2) is 37.9 Å². The summed E-state index contributed by atoms with van der Waals surface area (Å²) in [5, 5.41) is 3.17. The molecule has 2 aliphatic carbocycles. The van der Waals surface area contributed by atoms with Gasteiger partial charge < -0.3 is 14.8 Å². The van der Waals surface area contributed by atoms with Crippen molar-refractivity contribution < 1.29 is 14.3 Å². The van der Waals surface area contributed by atoms with E-state index in [0.29, 0.717) is 12.6 Å². The van der Waals surface area contributed by atoms with Crippen LogP contribution in [0.3, 0.4) is 0 Å². The van der Waals surface area contributed by atoms with Gasteiger partial charge in [-0.2, -0.15) is 0 Å². The van der Waals surface area contributed by atoms with Gasteiger partial charge in [-0.25, -0.2) is 0 Å². The molecule has 3 rings (SSSR count). The molecule has 2 saturated carbocycles. The minimum Gasteiger partial charge on any atom is -0.376 e. The molecule has 19 heavy (non-hydrogen) atoms. The number of hydrogen-bond donors (Lipinski definition) is 1. The molecule has 0 radical (unpaired) electrons. The monoisotopic (exact) mass is 267 g/mol. The van der Waals surface area contributed by atoms with Crippen LogP contribution >= 0.6 is 0 Å². The maximum Gasteiger partial charge on any atom is 0.246 e. The molecule has 0 aromatic rings. The van der Waals surface area contributed by atoms with Crippen molar-refractivity contribution in [3.63, 3.8) is 0 Å². The Bertz CT molecular complexity index is 295. The molecular weight excluding hydrogens is 242 g/mol. The molecule has 0 aromatic heterocycles. The van der Waals surface area contributed by atoms with Crippen molar-refractivity contribution in [2.45, 2.75) is 57.1 Å². The van der Waals surface area contributed by atoms with E-state index in [2.05, 4.69) is 5.32 Å². The maximum absolute atomic E-state index is 11.9. The van der Waals surface area contributed by atoms with Gasteiger partial charge in [0.05, 0.1) is 12.7 Å². The molecule has 4 nitrogen and oxygen atoms in total. The summed E-state index contributed by atoms with van der Waals surface area (Å²) in [6, 6.07) is 0.432. The summed E-state index contributed by atoms with van der Waals surface area (Å²) >= 11 is 0. The largest absolute Gasteiger partial charge is 0.376 e. The Morgan fingerprint density at radius 3 is 2.47 bits per heavy atom. The molecule has 0 aromatic carbocycles. The lowest BCUT2D eigenvalue weighted by Crippen LogP contribution is -2.40. The fourth-order valence-corrected chi connectivity index (χ4v) is 2.98. The standard InChI is InChI=1S/C15H25NO3/c17-14(10-18-9-13-3-1-2-8-19-13)16-15(11-4-5-11)12-6-7-12/h11-13,15H,1-10H2,(H,16,17)/t13-/m0/s1. The molecule has 1 saturated heterocycles. The summed E-state index contributed by atoms with van der Waals surface area (Å²) < 4.78 is 11.1. The van der Waals surface area contributed by atoms with Gasteiger partial charge in [-0.05, 0) is 56.8 Å². The quantitative estimate of drug-likeness (QED) is 0.766. The van der Waals surface area contributed by atoms with Crippen LogP contribution in [-0.2, 0) is 14.3 Å². The summed E-state index contributed by atoms with van der Waals surface area (Å²) in [5.74, 6) is 1.55. The fourth-order valence-electron chi connectivity index (χ4n) is 2.98. The first kappa shape index (κ1) is 13.4. The smallest absolute Gasteiger partial charge is 0.246 e. The van der Waals surface area contributed by atoms with E-state index in [1.54, 1.807) is 0 Å². The van der Waals surface area contributed by atoms with Crippen molar-refractivity contribution in [3.05, 3.63) is 0 Å². The van der Waals surface area contributed by atoms with Gasteiger partial charge in [-0.1, -0.05) is 0 Å². The van der Waals surface area contributed by atoms with Gasteiger partial charge in [-0.15, -0.1) is 0 Å². The third-order valence-corrected chi connectivity index (χ3v) is 4.40. The van der Waals surface area contributed by atoms with Crippen LogP contribution in [0.1, 0.15) is 44.9 Å². The molecule has 0 spiro atoms.